The number of carbonyl (C=O) groups excluding carboxylic acids is 1. The third kappa shape index (κ3) is 5.79. The molecule has 3 rings (SSSR count). The number of amides is 1. The summed E-state index contributed by atoms with van der Waals surface area (Å²) in [6.07, 6.45) is 6.00. The Kier molecular flexibility index (Phi) is 6.98. The Morgan fingerprint density at radius 1 is 1.07 bits per heavy atom. The lowest BCUT2D eigenvalue weighted by atomic mass is 10.1. The normalized spacial score (nSPS) is 11.9. The third-order valence-corrected chi connectivity index (χ3v) is 4.80. The third-order valence-electron chi connectivity index (χ3n) is 4.80. The van der Waals surface area contributed by atoms with Crippen LogP contribution in [0.2, 0.25) is 0 Å². The van der Waals surface area contributed by atoms with Crippen molar-refractivity contribution in [3.05, 3.63) is 89.5 Å². The number of aromatic nitrogens is 2. The van der Waals surface area contributed by atoms with Crippen molar-refractivity contribution in [3.63, 3.8) is 0 Å². The number of aryl methyl sites for hydroxylation is 1. The van der Waals surface area contributed by atoms with Crippen molar-refractivity contribution in [2.75, 3.05) is 6.54 Å². The molecule has 0 spiro atoms. The van der Waals surface area contributed by atoms with Crippen molar-refractivity contribution >= 4 is 5.91 Å². The number of nitrogens with zero attached hydrogens (tertiary/aromatic N) is 2. The molecule has 0 aliphatic heterocycles. The van der Waals surface area contributed by atoms with Crippen molar-refractivity contribution in [2.24, 2.45) is 5.73 Å². The van der Waals surface area contributed by atoms with E-state index in [0.717, 1.165) is 25.1 Å². The number of rotatable bonds is 9. The molecule has 0 fully saturated rings. The van der Waals surface area contributed by atoms with Gasteiger partial charge in [0, 0.05) is 25.7 Å². The van der Waals surface area contributed by atoms with Gasteiger partial charge in [-0.15, -0.1) is 0 Å². The van der Waals surface area contributed by atoms with Gasteiger partial charge in [-0.3, -0.25) is 4.79 Å². The lowest BCUT2D eigenvalue weighted by Crippen LogP contribution is -2.42. The van der Waals surface area contributed by atoms with Crippen LogP contribution in [0.1, 0.15) is 29.3 Å². The van der Waals surface area contributed by atoms with Crippen LogP contribution in [0.25, 0.3) is 0 Å². The number of benzene rings is 2. The average molecular weight is 377 g/mol. The van der Waals surface area contributed by atoms with Crippen LogP contribution >= 0.6 is 0 Å². The molecular weight excluding hydrogens is 348 g/mol. The second-order valence-corrected chi connectivity index (χ2v) is 7.04. The van der Waals surface area contributed by atoms with Crippen LogP contribution < -0.4 is 11.1 Å². The first kappa shape index (κ1) is 19.8. The van der Waals surface area contributed by atoms with Crippen molar-refractivity contribution in [1.82, 2.24) is 14.9 Å². The van der Waals surface area contributed by atoms with Gasteiger partial charge in [-0.25, -0.2) is 4.98 Å². The van der Waals surface area contributed by atoms with E-state index in [0.29, 0.717) is 13.0 Å². The van der Waals surface area contributed by atoms with Gasteiger partial charge in [0.2, 0.25) is 5.91 Å². The van der Waals surface area contributed by atoms with E-state index < -0.39 is 6.04 Å². The van der Waals surface area contributed by atoms with E-state index in [4.69, 9.17) is 5.73 Å². The molecule has 3 N–H and O–H groups in total. The molecule has 2 aromatic carbocycles. The Labute approximate surface area is 166 Å². The summed E-state index contributed by atoms with van der Waals surface area (Å²) in [5.41, 5.74) is 10.6. The van der Waals surface area contributed by atoms with E-state index >= 15 is 0 Å². The maximum Gasteiger partial charge on any atom is 0.237 e. The summed E-state index contributed by atoms with van der Waals surface area (Å²) in [6, 6.07) is 18.1. The smallest absolute Gasteiger partial charge is 0.237 e. The standard InChI is InChI=1S/C23H28N4O/c1-2-18-8-10-19(11-9-18)12-13-25-23(28)22(24)14-21-16-27(17-26-21)15-20-6-4-3-5-7-20/h3-11,16-17,22H,2,12-15,24H2,1H3,(H,25,28)/t22-/m0/s1. The zero-order valence-electron chi connectivity index (χ0n) is 16.3. The van der Waals surface area contributed by atoms with Crippen LogP contribution in [-0.2, 0) is 30.6 Å². The minimum Gasteiger partial charge on any atom is -0.354 e. The van der Waals surface area contributed by atoms with Crippen molar-refractivity contribution < 1.29 is 4.79 Å². The fourth-order valence-corrected chi connectivity index (χ4v) is 3.11. The van der Waals surface area contributed by atoms with Crippen LogP contribution in [0.4, 0.5) is 0 Å². The van der Waals surface area contributed by atoms with Crippen molar-refractivity contribution in [1.29, 1.82) is 0 Å². The Hall–Kier alpha value is -2.92. The van der Waals surface area contributed by atoms with E-state index in [-0.39, 0.29) is 5.91 Å². The molecule has 5 nitrogen and oxygen atoms in total. The minimum absolute atomic E-state index is 0.136. The van der Waals surface area contributed by atoms with E-state index in [1.165, 1.54) is 16.7 Å². The predicted octanol–water partition coefficient (Wildman–Crippen LogP) is 2.72. The number of hydrogen-bond acceptors (Lipinski definition) is 3. The highest BCUT2D eigenvalue weighted by Crippen LogP contribution is 2.07. The Bertz CT molecular complexity index is 871. The molecule has 1 heterocycles. The Morgan fingerprint density at radius 2 is 1.79 bits per heavy atom. The maximum atomic E-state index is 12.3. The molecule has 5 heteroatoms. The van der Waals surface area contributed by atoms with Gasteiger partial charge in [-0.1, -0.05) is 61.5 Å². The zero-order chi connectivity index (χ0) is 19.8. The molecule has 0 saturated heterocycles. The van der Waals surface area contributed by atoms with Gasteiger partial charge in [0.05, 0.1) is 18.1 Å². The molecule has 0 aliphatic carbocycles. The fourth-order valence-electron chi connectivity index (χ4n) is 3.11. The summed E-state index contributed by atoms with van der Waals surface area (Å²) in [5, 5.41) is 2.93. The van der Waals surface area contributed by atoms with Crippen molar-refractivity contribution in [2.45, 2.75) is 38.8 Å². The second kappa shape index (κ2) is 9.85. The molecular formula is C23H28N4O. The van der Waals surface area contributed by atoms with Gasteiger partial charge >= 0.3 is 0 Å². The molecule has 1 aromatic heterocycles. The largest absolute Gasteiger partial charge is 0.354 e. The topological polar surface area (TPSA) is 72.9 Å². The van der Waals surface area contributed by atoms with Gasteiger partial charge in [-0.2, -0.15) is 0 Å². The molecule has 1 atom stereocenters. The molecule has 0 saturated carbocycles. The molecule has 3 aromatic rings. The Morgan fingerprint density at radius 3 is 2.50 bits per heavy atom. The van der Waals surface area contributed by atoms with Crippen molar-refractivity contribution in [3.8, 4) is 0 Å². The van der Waals surface area contributed by atoms with Crippen LogP contribution in [0.3, 0.4) is 0 Å². The van der Waals surface area contributed by atoms with Gasteiger partial charge in [0.25, 0.3) is 0 Å². The summed E-state index contributed by atoms with van der Waals surface area (Å²) in [5.74, 6) is -0.136. The molecule has 1 amide bonds. The van der Waals surface area contributed by atoms with E-state index in [1.54, 1.807) is 6.33 Å². The summed E-state index contributed by atoms with van der Waals surface area (Å²) >= 11 is 0. The van der Waals surface area contributed by atoms with Crippen LogP contribution in [-0.4, -0.2) is 28.0 Å². The highest BCUT2D eigenvalue weighted by atomic mass is 16.2. The average Bonchev–Trinajstić information content (AvgIpc) is 3.15. The summed E-state index contributed by atoms with van der Waals surface area (Å²) < 4.78 is 2.01. The van der Waals surface area contributed by atoms with Crippen LogP contribution in [0, 0.1) is 0 Å². The van der Waals surface area contributed by atoms with Gasteiger partial charge in [0.1, 0.15) is 0 Å². The number of nitrogens with two attached hydrogens (primary N) is 1. The van der Waals surface area contributed by atoms with Crippen LogP contribution in [0.5, 0.6) is 0 Å². The summed E-state index contributed by atoms with van der Waals surface area (Å²) in [7, 11) is 0. The lowest BCUT2D eigenvalue weighted by Gasteiger charge is -2.11. The van der Waals surface area contributed by atoms with E-state index in [9.17, 15) is 4.79 Å². The molecule has 146 valence electrons. The monoisotopic (exact) mass is 376 g/mol. The Balaban J connectivity index is 1.43. The molecule has 0 bridgehead atoms. The van der Waals surface area contributed by atoms with E-state index in [1.807, 2.05) is 29.0 Å². The number of hydrogen-bond donors (Lipinski definition) is 2. The lowest BCUT2D eigenvalue weighted by molar-refractivity contribution is -0.122. The quantitative estimate of drug-likeness (QED) is 0.603. The highest BCUT2D eigenvalue weighted by Gasteiger charge is 2.15. The zero-order valence-corrected chi connectivity index (χ0v) is 16.3. The summed E-state index contributed by atoms with van der Waals surface area (Å²) in [4.78, 5) is 16.6. The first-order valence-electron chi connectivity index (χ1n) is 9.79. The SMILES string of the molecule is CCc1ccc(CCNC(=O)[C@@H](N)Cc2cn(Cc3ccccc3)cn2)cc1. The van der Waals surface area contributed by atoms with E-state index in [2.05, 4.69) is 53.6 Å². The number of nitrogens with one attached hydrogen (secondary N) is 1. The number of imidazole rings is 1. The van der Waals surface area contributed by atoms with Gasteiger partial charge < -0.3 is 15.6 Å². The summed E-state index contributed by atoms with van der Waals surface area (Å²) in [6.45, 7) is 3.48. The first-order chi connectivity index (χ1) is 13.6. The second-order valence-electron chi connectivity index (χ2n) is 7.04. The molecule has 28 heavy (non-hydrogen) atoms. The van der Waals surface area contributed by atoms with Gasteiger partial charge in [0.15, 0.2) is 0 Å². The maximum absolute atomic E-state index is 12.3. The minimum atomic E-state index is -0.595. The first-order valence-corrected chi connectivity index (χ1v) is 9.79. The highest BCUT2D eigenvalue weighted by molar-refractivity contribution is 5.81. The predicted molar refractivity (Wildman–Crippen MR) is 112 cm³/mol. The van der Waals surface area contributed by atoms with Crippen LogP contribution in [0.15, 0.2) is 67.1 Å². The van der Waals surface area contributed by atoms with Gasteiger partial charge in [-0.05, 0) is 29.5 Å². The molecule has 0 aliphatic rings. The fraction of sp³-hybridized carbons (Fsp3) is 0.304. The molecule has 0 radical (unpaired) electrons. The molecule has 0 unspecified atom stereocenters. The number of carbonyl (C=O) groups is 1.